The van der Waals surface area contributed by atoms with E-state index in [0.29, 0.717) is 35.5 Å². The summed E-state index contributed by atoms with van der Waals surface area (Å²) in [6.07, 6.45) is 5.13. The number of aromatic nitrogens is 4. The second-order valence-electron chi connectivity index (χ2n) is 6.19. The van der Waals surface area contributed by atoms with Crippen LogP contribution in [0, 0.1) is 0 Å². The highest BCUT2D eigenvalue weighted by molar-refractivity contribution is 5.65. The average Bonchev–Trinajstić information content (AvgIpc) is 3.10. The van der Waals surface area contributed by atoms with Gasteiger partial charge >= 0.3 is 0 Å². The summed E-state index contributed by atoms with van der Waals surface area (Å²) in [5.41, 5.74) is 8.18. The Morgan fingerprint density at radius 2 is 1.86 bits per heavy atom. The van der Waals surface area contributed by atoms with Crippen LogP contribution in [-0.4, -0.2) is 19.7 Å². The van der Waals surface area contributed by atoms with Gasteiger partial charge in [0.2, 0.25) is 5.88 Å². The molecule has 28 heavy (non-hydrogen) atoms. The molecule has 0 bridgehead atoms. The number of rotatable bonds is 6. The van der Waals surface area contributed by atoms with Crippen molar-refractivity contribution in [3.63, 3.8) is 0 Å². The van der Waals surface area contributed by atoms with E-state index in [-0.39, 0.29) is 0 Å². The third-order valence-corrected chi connectivity index (χ3v) is 4.02. The molecule has 4 rings (SSSR count). The Kier molecular flexibility index (Phi) is 4.88. The molecule has 1 aromatic carbocycles. The van der Waals surface area contributed by atoms with Crippen LogP contribution in [-0.2, 0) is 13.7 Å². The largest absolute Gasteiger partial charge is 0.471 e. The minimum atomic E-state index is 0.429. The Balaban J connectivity index is 1.56. The Bertz CT molecular complexity index is 1060. The van der Waals surface area contributed by atoms with Crippen molar-refractivity contribution in [2.45, 2.75) is 6.61 Å². The Morgan fingerprint density at radius 3 is 2.64 bits per heavy atom. The molecule has 0 aliphatic carbocycles. The molecule has 0 saturated carbocycles. The number of nitrogen functional groups attached to an aromatic ring is 1. The van der Waals surface area contributed by atoms with E-state index in [1.165, 1.54) is 0 Å². The molecule has 7 heteroatoms. The summed E-state index contributed by atoms with van der Waals surface area (Å²) in [6.45, 7) is 0.429. The molecule has 7 nitrogen and oxygen atoms in total. The molecule has 4 aromatic rings. The summed E-state index contributed by atoms with van der Waals surface area (Å²) in [4.78, 5) is 8.48. The first-order chi connectivity index (χ1) is 13.7. The number of hydrogen-bond acceptors (Lipinski definition) is 6. The minimum absolute atomic E-state index is 0.429. The molecular formula is C21H19N5O2. The molecule has 0 amide bonds. The van der Waals surface area contributed by atoms with Gasteiger partial charge in [-0.25, -0.2) is 4.98 Å². The van der Waals surface area contributed by atoms with Crippen molar-refractivity contribution in [2.75, 3.05) is 5.73 Å². The highest BCUT2D eigenvalue weighted by Crippen LogP contribution is 2.31. The van der Waals surface area contributed by atoms with Crippen molar-refractivity contribution in [1.29, 1.82) is 0 Å². The van der Waals surface area contributed by atoms with Crippen molar-refractivity contribution in [2.24, 2.45) is 7.05 Å². The standard InChI is InChI=1S/C21H19N5O2/c1-26-13-18(21(25-26)27-14-15-5-3-2-4-6-15)19-11-16(9-10-23-19)28-17-7-8-20(22)24-12-17/h2-13H,14H2,1H3,(H2,22,24). The van der Waals surface area contributed by atoms with Gasteiger partial charge in [0.05, 0.1) is 17.5 Å². The van der Waals surface area contributed by atoms with Crippen molar-refractivity contribution in [1.82, 2.24) is 19.7 Å². The van der Waals surface area contributed by atoms with Crippen LogP contribution in [0.4, 0.5) is 5.82 Å². The maximum atomic E-state index is 5.93. The maximum Gasteiger partial charge on any atom is 0.242 e. The van der Waals surface area contributed by atoms with E-state index in [9.17, 15) is 0 Å². The highest BCUT2D eigenvalue weighted by atomic mass is 16.5. The van der Waals surface area contributed by atoms with E-state index in [1.807, 2.05) is 49.6 Å². The van der Waals surface area contributed by atoms with E-state index in [4.69, 9.17) is 15.2 Å². The minimum Gasteiger partial charge on any atom is -0.471 e. The molecule has 0 unspecified atom stereocenters. The topological polar surface area (TPSA) is 88.1 Å². The highest BCUT2D eigenvalue weighted by Gasteiger charge is 2.14. The Hall–Kier alpha value is -3.87. The van der Waals surface area contributed by atoms with Crippen LogP contribution in [0.1, 0.15) is 5.56 Å². The normalized spacial score (nSPS) is 10.6. The fourth-order valence-electron chi connectivity index (χ4n) is 2.69. The monoisotopic (exact) mass is 373 g/mol. The molecule has 0 spiro atoms. The predicted molar refractivity (Wildman–Crippen MR) is 106 cm³/mol. The molecular weight excluding hydrogens is 354 g/mol. The summed E-state index contributed by atoms with van der Waals surface area (Å²) in [6, 6.07) is 17.0. The van der Waals surface area contributed by atoms with Gasteiger partial charge in [0.25, 0.3) is 0 Å². The molecule has 3 aromatic heterocycles. The first-order valence-corrected chi connectivity index (χ1v) is 8.73. The molecule has 0 saturated heterocycles. The van der Waals surface area contributed by atoms with E-state index < -0.39 is 0 Å². The van der Waals surface area contributed by atoms with E-state index in [0.717, 1.165) is 11.1 Å². The van der Waals surface area contributed by atoms with Crippen molar-refractivity contribution in [3.05, 3.63) is 78.8 Å². The zero-order valence-electron chi connectivity index (χ0n) is 15.3. The van der Waals surface area contributed by atoms with Crippen LogP contribution in [0.25, 0.3) is 11.3 Å². The molecule has 0 fully saturated rings. The molecule has 0 aliphatic rings. The lowest BCUT2D eigenvalue weighted by atomic mass is 10.2. The van der Waals surface area contributed by atoms with Gasteiger partial charge in [0, 0.05) is 25.5 Å². The number of anilines is 1. The molecule has 2 N–H and O–H groups in total. The zero-order chi connectivity index (χ0) is 19.3. The second-order valence-corrected chi connectivity index (χ2v) is 6.19. The SMILES string of the molecule is Cn1cc(-c2cc(Oc3ccc(N)nc3)ccn2)c(OCc2ccccc2)n1. The van der Waals surface area contributed by atoms with Gasteiger partial charge in [-0.3, -0.25) is 9.67 Å². The maximum absolute atomic E-state index is 5.93. The summed E-state index contributed by atoms with van der Waals surface area (Å²) in [5.74, 6) is 2.19. The lowest BCUT2D eigenvalue weighted by Gasteiger charge is -2.08. The van der Waals surface area contributed by atoms with Gasteiger partial charge in [-0.15, -0.1) is 5.10 Å². The molecule has 3 heterocycles. The van der Waals surface area contributed by atoms with Gasteiger partial charge < -0.3 is 15.2 Å². The van der Waals surface area contributed by atoms with Crippen LogP contribution in [0.15, 0.2) is 73.2 Å². The number of ether oxygens (including phenoxy) is 2. The van der Waals surface area contributed by atoms with Gasteiger partial charge in [-0.05, 0) is 23.8 Å². The van der Waals surface area contributed by atoms with E-state index in [2.05, 4.69) is 15.1 Å². The fourth-order valence-corrected chi connectivity index (χ4v) is 2.69. The number of pyridine rings is 2. The van der Waals surface area contributed by atoms with Gasteiger partial charge in [-0.2, -0.15) is 0 Å². The summed E-state index contributed by atoms with van der Waals surface area (Å²) < 4.78 is 13.5. The molecule has 0 aliphatic heterocycles. The van der Waals surface area contributed by atoms with Gasteiger partial charge in [-0.1, -0.05) is 30.3 Å². The smallest absolute Gasteiger partial charge is 0.242 e. The third-order valence-electron chi connectivity index (χ3n) is 4.02. The predicted octanol–water partition coefficient (Wildman–Crippen LogP) is 3.83. The number of benzene rings is 1. The van der Waals surface area contributed by atoms with Crippen LogP contribution in [0.2, 0.25) is 0 Å². The van der Waals surface area contributed by atoms with Crippen LogP contribution < -0.4 is 15.2 Å². The van der Waals surface area contributed by atoms with Crippen LogP contribution in [0.3, 0.4) is 0 Å². The van der Waals surface area contributed by atoms with Crippen molar-refractivity contribution >= 4 is 5.82 Å². The first-order valence-electron chi connectivity index (χ1n) is 8.73. The number of aryl methyl sites for hydroxylation is 1. The third kappa shape index (κ3) is 4.09. The first kappa shape index (κ1) is 17.5. The van der Waals surface area contributed by atoms with E-state index in [1.54, 1.807) is 35.3 Å². The molecule has 140 valence electrons. The Labute approximate surface area is 162 Å². The summed E-state index contributed by atoms with van der Waals surface area (Å²) >= 11 is 0. The van der Waals surface area contributed by atoms with Crippen molar-refractivity contribution in [3.8, 4) is 28.6 Å². The fraction of sp³-hybridized carbons (Fsp3) is 0.0952. The lowest BCUT2D eigenvalue weighted by Crippen LogP contribution is -1.98. The number of nitrogens with two attached hydrogens (primary N) is 1. The number of hydrogen-bond donors (Lipinski definition) is 1. The summed E-state index contributed by atoms with van der Waals surface area (Å²) in [5, 5.41) is 4.42. The lowest BCUT2D eigenvalue weighted by molar-refractivity contribution is 0.292. The van der Waals surface area contributed by atoms with Gasteiger partial charge in [0.1, 0.15) is 23.9 Å². The van der Waals surface area contributed by atoms with Crippen LogP contribution >= 0.6 is 0 Å². The van der Waals surface area contributed by atoms with Crippen LogP contribution in [0.5, 0.6) is 17.4 Å². The average molecular weight is 373 g/mol. The Morgan fingerprint density at radius 1 is 1.00 bits per heavy atom. The zero-order valence-corrected chi connectivity index (χ0v) is 15.3. The van der Waals surface area contributed by atoms with Gasteiger partial charge in [0.15, 0.2) is 0 Å². The quantitative estimate of drug-likeness (QED) is 0.553. The number of nitrogens with zero attached hydrogens (tertiary/aromatic N) is 4. The van der Waals surface area contributed by atoms with E-state index >= 15 is 0 Å². The molecule has 0 radical (unpaired) electrons. The summed E-state index contributed by atoms with van der Waals surface area (Å²) in [7, 11) is 1.85. The molecule has 0 atom stereocenters. The second kappa shape index (κ2) is 7.79. The van der Waals surface area contributed by atoms with Crippen molar-refractivity contribution < 1.29 is 9.47 Å².